The minimum absolute atomic E-state index is 0.0921. The lowest BCUT2D eigenvalue weighted by atomic mass is 10.1. The van der Waals surface area contributed by atoms with Gasteiger partial charge in [0, 0.05) is 13.6 Å². The molecule has 6 heteroatoms. The van der Waals surface area contributed by atoms with Crippen molar-refractivity contribution >= 4 is 17.7 Å². The minimum Gasteiger partial charge on any atom is -0.479 e. The highest BCUT2D eigenvalue weighted by Crippen LogP contribution is 2.33. The van der Waals surface area contributed by atoms with Gasteiger partial charge >= 0.3 is 6.09 Å². The highest BCUT2D eigenvalue weighted by molar-refractivity contribution is 5.99. The molecule has 1 N–H and O–H groups in total. The fraction of sp³-hybridized carbons (Fsp3) is 0.385. The Kier molecular flexibility index (Phi) is 3.59. The summed E-state index contributed by atoms with van der Waals surface area (Å²) in [6.45, 7) is 2.05. The van der Waals surface area contributed by atoms with E-state index >= 15 is 0 Å². The van der Waals surface area contributed by atoms with Gasteiger partial charge in [0.25, 0.3) is 5.91 Å². The van der Waals surface area contributed by atoms with Crippen LogP contribution in [-0.2, 0) is 16.1 Å². The lowest BCUT2D eigenvalue weighted by Gasteiger charge is -2.30. The molecule has 0 fully saturated rings. The molecule has 2 rings (SSSR count). The zero-order valence-corrected chi connectivity index (χ0v) is 11.1. The lowest BCUT2D eigenvalue weighted by molar-refractivity contribution is -0.125. The Balaban J connectivity index is 2.19. The maximum atomic E-state index is 11.8. The van der Waals surface area contributed by atoms with Gasteiger partial charge in [-0.15, -0.1) is 0 Å². The average molecular weight is 264 g/mol. The lowest BCUT2D eigenvalue weighted by Crippen LogP contribution is -2.42. The number of anilines is 1. The maximum absolute atomic E-state index is 11.8. The van der Waals surface area contributed by atoms with Crippen molar-refractivity contribution in [3.8, 4) is 5.75 Å². The molecular weight excluding hydrogens is 248 g/mol. The molecule has 1 aliphatic heterocycles. The monoisotopic (exact) mass is 264 g/mol. The average Bonchev–Trinajstić information content (AvgIpc) is 2.42. The van der Waals surface area contributed by atoms with Gasteiger partial charge in [0.2, 0.25) is 0 Å². The number of amides is 2. The third-order valence-electron chi connectivity index (χ3n) is 2.99. The summed E-state index contributed by atoms with van der Waals surface area (Å²) in [5.41, 5.74) is 1.56. The maximum Gasteiger partial charge on any atom is 0.407 e. The van der Waals surface area contributed by atoms with E-state index in [1.54, 1.807) is 24.9 Å². The first-order valence-corrected chi connectivity index (χ1v) is 5.92. The molecule has 1 heterocycles. The number of ether oxygens (including phenoxy) is 2. The molecule has 1 aromatic carbocycles. The number of benzene rings is 1. The second-order valence-electron chi connectivity index (χ2n) is 4.30. The van der Waals surface area contributed by atoms with Gasteiger partial charge in [0.05, 0.1) is 12.8 Å². The molecule has 0 bridgehead atoms. The molecule has 0 spiro atoms. The van der Waals surface area contributed by atoms with E-state index in [1.165, 1.54) is 7.11 Å². The number of fused-ring (bicyclic) bond motifs is 1. The summed E-state index contributed by atoms with van der Waals surface area (Å²) in [6, 6.07) is 5.45. The van der Waals surface area contributed by atoms with Gasteiger partial charge in [-0.05, 0) is 24.6 Å². The Hall–Kier alpha value is -2.24. The molecule has 0 saturated heterocycles. The third-order valence-corrected chi connectivity index (χ3v) is 2.99. The zero-order chi connectivity index (χ0) is 14.0. The van der Waals surface area contributed by atoms with Gasteiger partial charge in [-0.25, -0.2) is 4.79 Å². The number of carbonyl (C=O) groups excluding carboxylic acids is 2. The fourth-order valence-electron chi connectivity index (χ4n) is 1.91. The molecule has 1 atom stereocenters. The van der Waals surface area contributed by atoms with Crippen LogP contribution >= 0.6 is 0 Å². The molecule has 0 aromatic heterocycles. The quantitative estimate of drug-likeness (QED) is 0.874. The number of methoxy groups -OCH3 is 1. The number of hydrogen-bond acceptors (Lipinski definition) is 4. The van der Waals surface area contributed by atoms with E-state index in [0.29, 0.717) is 18.0 Å². The Morgan fingerprint density at radius 2 is 2.26 bits per heavy atom. The summed E-state index contributed by atoms with van der Waals surface area (Å²) in [5.74, 6) is 0.571. The number of carbonyl (C=O) groups is 2. The van der Waals surface area contributed by atoms with Crippen molar-refractivity contribution in [2.75, 3.05) is 19.1 Å². The SMILES string of the molecule is COC(=O)NCc1ccc2c(c1)N(C)C(=O)C(C)O2. The van der Waals surface area contributed by atoms with Gasteiger partial charge in [-0.1, -0.05) is 6.07 Å². The molecular formula is C13H16N2O4. The van der Waals surface area contributed by atoms with E-state index in [0.717, 1.165) is 5.56 Å². The van der Waals surface area contributed by atoms with Gasteiger partial charge in [-0.2, -0.15) is 0 Å². The molecule has 0 aliphatic carbocycles. The molecule has 1 unspecified atom stereocenters. The van der Waals surface area contributed by atoms with Crippen LogP contribution in [0, 0.1) is 0 Å². The van der Waals surface area contributed by atoms with E-state index in [2.05, 4.69) is 10.1 Å². The van der Waals surface area contributed by atoms with Crippen LogP contribution in [-0.4, -0.2) is 32.3 Å². The van der Waals surface area contributed by atoms with Crippen LogP contribution in [0.3, 0.4) is 0 Å². The number of hydrogen-bond donors (Lipinski definition) is 1. The summed E-state index contributed by atoms with van der Waals surface area (Å²) in [6.07, 6.45) is -0.969. The molecule has 0 saturated carbocycles. The van der Waals surface area contributed by atoms with E-state index in [4.69, 9.17) is 4.74 Å². The largest absolute Gasteiger partial charge is 0.479 e. The molecule has 0 radical (unpaired) electrons. The van der Waals surface area contributed by atoms with E-state index in [9.17, 15) is 9.59 Å². The van der Waals surface area contributed by atoms with Crippen LogP contribution < -0.4 is 15.0 Å². The summed E-state index contributed by atoms with van der Waals surface area (Å²) < 4.78 is 10.0. The predicted molar refractivity (Wildman–Crippen MR) is 69.2 cm³/mol. The molecule has 2 amide bonds. The van der Waals surface area contributed by atoms with Crippen molar-refractivity contribution in [2.45, 2.75) is 19.6 Å². The number of nitrogens with zero attached hydrogens (tertiary/aromatic N) is 1. The molecule has 6 nitrogen and oxygen atoms in total. The fourth-order valence-corrected chi connectivity index (χ4v) is 1.91. The highest BCUT2D eigenvalue weighted by Gasteiger charge is 2.28. The van der Waals surface area contributed by atoms with Crippen LogP contribution in [0.25, 0.3) is 0 Å². The van der Waals surface area contributed by atoms with Crippen molar-refractivity contribution in [3.63, 3.8) is 0 Å². The summed E-state index contributed by atoms with van der Waals surface area (Å²) in [5, 5.41) is 2.58. The number of rotatable bonds is 2. The van der Waals surface area contributed by atoms with Gasteiger partial charge in [-0.3, -0.25) is 4.79 Å². The zero-order valence-electron chi connectivity index (χ0n) is 11.1. The van der Waals surface area contributed by atoms with Crippen molar-refractivity contribution < 1.29 is 19.1 Å². The molecule has 102 valence electrons. The second kappa shape index (κ2) is 5.17. The number of alkyl carbamates (subject to hydrolysis) is 1. The Morgan fingerprint density at radius 3 is 2.95 bits per heavy atom. The Labute approximate surface area is 111 Å². The second-order valence-corrected chi connectivity index (χ2v) is 4.30. The van der Waals surface area contributed by atoms with E-state index in [1.807, 2.05) is 12.1 Å². The summed E-state index contributed by atoms with van der Waals surface area (Å²) >= 11 is 0. The van der Waals surface area contributed by atoms with Crippen molar-refractivity contribution in [1.29, 1.82) is 0 Å². The standard InChI is InChI=1S/C13H16N2O4/c1-8-12(16)15(2)10-6-9(4-5-11(10)19-8)7-14-13(17)18-3/h4-6,8H,7H2,1-3H3,(H,14,17). The smallest absolute Gasteiger partial charge is 0.407 e. The highest BCUT2D eigenvalue weighted by atomic mass is 16.5. The molecule has 1 aromatic rings. The van der Waals surface area contributed by atoms with Crippen LogP contribution in [0.1, 0.15) is 12.5 Å². The Bertz CT molecular complexity index is 515. The minimum atomic E-state index is -0.493. The normalized spacial score (nSPS) is 17.5. The van der Waals surface area contributed by atoms with Crippen LogP contribution in [0.5, 0.6) is 5.75 Å². The molecule has 1 aliphatic rings. The van der Waals surface area contributed by atoms with Crippen LogP contribution in [0.4, 0.5) is 10.5 Å². The van der Waals surface area contributed by atoms with Gasteiger partial charge in [0.15, 0.2) is 6.10 Å². The van der Waals surface area contributed by atoms with Crippen molar-refractivity contribution in [1.82, 2.24) is 5.32 Å². The first-order chi connectivity index (χ1) is 9.02. The first-order valence-electron chi connectivity index (χ1n) is 5.92. The van der Waals surface area contributed by atoms with Crippen molar-refractivity contribution in [2.24, 2.45) is 0 Å². The summed E-state index contributed by atoms with van der Waals surface area (Å²) in [4.78, 5) is 24.4. The van der Waals surface area contributed by atoms with Crippen LogP contribution in [0.2, 0.25) is 0 Å². The Morgan fingerprint density at radius 1 is 1.53 bits per heavy atom. The van der Waals surface area contributed by atoms with Gasteiger partial charge in [0.1, 0.15) is 5.75 Å². The van der Waals surface area contributed by atoms with E-state index < -0.39 is 12.2 Å². The summed E-state index contributed by atoms with van der Waals surface area (Å²) in [7, 11) is 3.02. The third kappa shape index (κ3) is 2.62. The van der Waals surface area contributed by atoms with Crippen LogP contribution in [0.15, 0.2) is 18.2 Å². The topological polar surface area (TPSA) is 67.9 Å². The first kappa shape index (κ1) is 13.2. The molecule has 19 heavy (non-hydrogen) atoms. The van der Waals surface area contributed by atoms with Gasteiger partial charge < -0.3 is 19.7 Å². The predicted octanol–water partition coefficient (Wildman–Crippen LogP) is 1.29. The van der Waals surface area contributed by atoms with Crippen molar-refractivity contribution in [3.05, 3.63) is 23.8 Å². The number of nitrogens with one attached hydrogen (secondary N) is 1. The van der Waals surface area contributed by atoms with E-state index in [-0.39, 0.29) is 5.91 Å². The number of likely N-dealkylation sites (N-methyl/N-ethyl adjacent to an activating group) is 1.